The van der Waals surface area contributed by atoms with Crippen LogP contribution in [0.5, 0.6) is 0 Å². The number of nitrogens with two attached hydrogens (primary N) is 2. The van der Waals surface area contributed by atoms with Crippen LogP contribution in [-0.4, -0.2) is 17.0 Å². The summed E-state index contributed by atoms with van der Waals surface area (Å²) < 4.78 is 2.14. The Morgan fingerprint density at radius 1 is 1.42 bits per heavy atom. The van der Waals surface area contributed by atoms with Crippen LogP contribution < -0.4 is 11.5 Å². The van der Waals surface area contributed by atoms with Gasteiger partial charge in [-0.15, -0.1) is 6.58 Å². The third-order valence-corrected chi connectivity index (χ3v) is 3.15. The van der Waals surface area contributed by atoms with E-state index in [1.807, 2.05) is 24.3 Å². The van der Waals surface area contributed by atoms with Gasteiger partial charge < -0.3 is 16.0 Å². The summed E-state index contributed by atoms with van der Waals surface area (Å²) in [4.78, 5) is 11.0. The van der Waals surface area contributed by atoms with Crippen LogP contribution >= 0.6 is 0 Å². The summed E-state index contributed by atoms with van der Waals surface area (Å²) in [5, 5.41) is 1.14. The van der Waals surface area contributed by atoms with Gasteiger partial charge in [-0.25, -0.2) is 0 Å². The first-order valence-electron chi connectivity index (χ1n) is 6.35. The van der Waals surface area contributed by atoms with Gasteiger partial charge >= 0.3 is 0 Å². The van der Waals surface area contributed by atoms with Crippen LogP contribution in [-0.2, 0) is 24.2 Å². The molecule has 1 aromatic carbocycles. The molecule has 0 spiro atoms. The number of amides is 1. The van der Waals surface area contributed by atoms with Crippen molar-refractivity contribution in [1.82, 2.24) is 4.57 Å². The van der Waals surface area contributed by atoms with Gasteiger partial charge in [0.05, 0.1) is 6.42 Å². The fourth-order valence-corrected chi connectivity index (χ4v) is 2.37. The van der Waals surface area contributed by atoms with E-state index in [0.29, 0.717) is 6.54 Å². The number of fused-ring (bicyclic) bond motifs is 1. The highest BCUT2D eigenvalue weighted by Crippen LogP contribution is 2.23. The Balaban J connectivity index is 2.51. The molecule has 0 radical (unpaired) electrons. The predicted octanol–water partition coefficient (Wildman–Crippen LogP) is 1.36. The first-order valence-corrected chi connectivity index (χ1v) is 6.35. The normalized spacial score (nSPS) is 10.8. The molecule has 1 aromatic heterocycles. The van der Waals surface area contributed by atoms with Gasteiger partial charge in [-0.1, -0.05) is 12.1 Å². The lowest BCUT2D eigenvalue weighted by molar-refractivity contribution is -0.117. The molecule has 0 bridgehead atoms. The molecule has 0 unspecified atom stereocenters. The summed E-state index contributed by atoms with van der Waals surface area (Å²) in [6.07, 6.45) is 5.06. The molecule has 0 saturated heterocycles. The number of primary amides is 1. The highest BCUT2D eigenvalue weighted by Gasteiger charge is 2.09. The summed E-state index contributed by atoms with van der Waals surface area (Å²) in [6, 6.07) is 6.00. The van der Waals surface area contributed by atoms with Crippen molar-refractivity contribution in [2.75, 3.05) is 6.54 Å². The molecule has 4 heteroatoms. The van der Waals surface area contributed by atoms with Gasteiger partial charge in [0.1, 0.15) is 0 Å². The Labute approximate surface area is 112 Å². The molecule has 4 nitrogen and oxygen atoms in total. The van der Waals surface area contributed by atoms with E-state index >= 15 is 0 Å². The Hall–Kier alpha value is -2.07. The fraction of sp³-hybridized carbons (Fsp3) is 0.267. The summed E-state index contributed by atoms with van der Waals surface area (Å²) in [6.45, 7) is 5.13. The fourth-order valence-electron chi connectivity index (χ4n) is 2.37. The summed E-state index contributed by atoms with van der Waals surface area (Å²) in [5.74, 6) is -0.315. The van der Waals surface area contributed by atoms with Crippen LogP contribution in [0.1, 0.15) is 11.1 Å². The molecule has 0 atom stereocenters. The quantitative estimate of drug-likeness (QED) is 0.767. The average Bonchev–Trinajstić information content (AvgIpc) is 2.68. The molecule has 2 rings (SSSR count). The molecule has 0 saturated carbocycles. The van der Waals surface area contributed by atoms with E-state index in [1.165, 1.54) is 5.56 Å². The zero-order valence-electron chi connectivity index (χ0n) is 10.9. The molecule has 1 amide bonds. The van der Waals surface area contributed by atoms with Crippen molar-refractivity contribution >= 4 is 16.8 Å². The molecule has 0 fully saturated rings. The van der Waals surface area contributed by atoms with Crippen LogP contribution in [0, 0.1) is 0 Å². The third kappa shape index (κ3) is 2.85. The Morgan fingerprint density at radius 3 is 2.84 bits per heavy atom. The second-order valence-electron chi connectivity index (χ2n) is 4.63. The standard InChI is InChI=1S/C15H19N3O/c1-2-7-18-10-12(5-6-16)13-8-11(9-15(17)19)3-4-14(13)18/h2-4,8,10H,1,5-7,9,16H2,(H2,17,19). The molecule has 0 aliphatic heterocycles. The zero-order chi connectivity index (χ0) is 13.8. The van der Waals surface area contributed by atoms with Gasteiger partial charge in [-0.2, -0.15) is 0 Å². The lowest BCUT2D eigenvalue weighted by atomic mass is 10.1. The number of nitrogens with zero attached hydrogens (tertiary/aromatic N) is 1. The van der Waals surface area contributed by atoms with E-state index in [2.05, 4.69) is 17.3 Å². The van der Waals surface area contributed by atoms with Crippen LogP contribution in [0.3, 0.4) is 0 Å². The maximum atomic E-state index is 11.0. The van der Waals surface area contributed by atoms with Crippen molar-refractivity contribution in [3.8, 4) is 0 Å². The number of carbonyl (C=O) groups excluding carboxylic acids is 1. The van der Waals surface area contributed by atoms with Crippen LogP contribution in [0.15, 0.2) is 37.1 Å². The summed E-state index contributed by atoms with van der Waals surface area (Å²) in [7, 11) is 0. The molecular formula is C15H19N3O. The van der Waals surface area contributed by atoms with Gasteiger partial charge in [0, 0.05) is 23.6 Å². The Morgan fingerprint density at radius 2 is 2.21 bits per heavy atom. The number of carbonyl (C=O) groups is 1. The van der Waals surface area contributed by atoms with Crippen LogP contribution in [0.4, 0.5) is 0 Å². The smallest absolute Gasteiger partial charge is 0.221 e. The molecule has 4 N–H and O–H groups in total. The first-order chi connectivity index (χ1) is 9.15. The highest BCUT2D eigenvalue weighted by atomic mass is 16.1. The van der Waals surface area contributed by atoms with Crippen molar-refractivity contribution in [3.05, 3.63) is 48.2 Å². The monoisotopic (exact) mass is 257 g/mol. The minimum atomic E-state index is -0.315. The molecule has 2 aromatic rings. The van der Waals surface area contributed by atoms with Gasteiger partial charge in [0.2, 0.25) is 5.91 Å². The number of hydrogen-bond donors (Lipinski definition) is 2. The number of rotatable bonds is 6. The molecule has 0 aliphatic carbocycles. The molecule has 0 aliphatic rings. The minimum Gasteiger partial charge on any atom is -0.369 e. The van der Waals surface area contributed by atoms with Gasteiger partial charge in [-0.3, -0.25) is 4.79 Å². The topological polar surface area (TPSA) is 74.0 Å². The Kier molecular flexibility index (Phi) is 4.02. The Bertz CT molecular complexity index is 613. The highest BCUT2D eigenvalue weighted by molar-refractivity contribution is 5.86. The van der Waals surface area contributed by atoms with Gasteiger partial charge in [0.15, 0.2) is 0 Å². The maximum absolute atomic E-state index is 11.0. The third-order valence-electron chi connectivity index (χ3n) is 3.15. The number of allylic oxidation sites excluding steroid dienone is 1. The van der Waals surface area contributed by atoms with Crippen molar-refractivity contribution in [1.29, 1.82) is 0 Å². The number of aromatic nitrogens is 1. The minimum absolute atomic E-state index is 0.268. The van der Waals surface area contributed by atoms with E-state index in [-0.39, 0.29) is 12.3 Å². The molecular weight excluding hydrogens is 238 g/mol. The second kappa shape index (κ2) is 5.71. The molecule has 100 valence electrons. The van der Waals surface area contributed by atoms with Crippen molar-refractivity contribution in [3.63, 3.8) is 0 Å². The second-order valence-corrected chi connectivity index (χ2v) is 4.63. The van der Waals surface area contributed by atoms with Crippen LogP contribution in [0.25, 0.3) is 10.9 Å². The summed E-state index contributed by atoms with van der Waals surface area (Å²) in [5.41, 5.74) is 14.2. The van der Waals surface area contributed by atoms with E-state index in [1.54, 1.807) is 0 Å². The van der Waals surface area contributed by atoms with Gasteiger partial charge in [-0.05, 0) is 36.2 Å². The lowest BCUT2D eigenvalue weighted by Crippen LogP contribution is -2.13. The van der Waals surface area contributed by atoms with E-state index in [0.717, 1.165) is 29.4 Å². The van der Waals surface area contributed by atoms with E-state index < -0.39 is 0 Å². The largest absolute Gasteiger partial charge is 0.369 e. The first kappa shape index (κ1) is 13.4. The van der Waals surface area contributed by atoms with E-state index in [9.17, 15) is 4.79 Å². The SMILES string of the molecule is C=CCn1cc(CCN)c2cc(CC(N)=O)ccc21. The predicted molar refractivity (Wildman–Crippen MR) is 77.8 cm³/mol. The van der Waals surface area contributed by atoms with Crippen molar-refractivity contribution in [2.24, 2.45) is 11.5 Å². The van der Waals surface area contributed by atoms with Crippen molar-refractivity contribution < 1.29 is 4.79 Å². The van der Waals surface area contributed by atoms with Gasteiger partial charge in [0.25, 0.3) is 0 Å². The molecule has 19 heavy (non-hydrogen) atoms. The zero-order valence-corrected chi connectivity index (χ0v) is 10.9. The van der Waals surface area contributed by atoms with E-state index in [4.69, 9.17) is 11.5 Å². The lowest BCUT2D eigenvalue weighted by Gasteiger charge is -2.03. The van der Waals surface area contributed by atoms with Crippen molar-refractivity contribution in [2.45, 2.75) is 19.4 Å². The number of benzene rings is 1. The molecule has 1 heterocycles. The summed E-state index contributed by atoms with van der Waals surface area (Å²) >= 11 is 0. The number of hydrogen-bond acceptors (Lipinski definition) is 2. The average molecular weight is 257 g/mol. The van der Waals surface area contributed by atoms with Crippen LogP contribution in [0.2, 0.25) is 0 Å². The maximum Gasteiger partial charge on any atom is 0.221 e.